The topological polar surface area (TPSA) is 12.0 Å². The van der Waals surface area contributed by atoms with Gasteiger partial charge in [-0.15, -0.1) is 11.3 Å². The van der Waals surface area contributed by atoms with Crippen molar-refractivity contribution < 1.29 is 0 Å². The Hall–Kier alpha value is -0.340. The zero-order valence-corrected chi connectivity index (χ0v) is 10.5. The monoisotopic (exact) mass is 223 g/mol. The van der Waals surface area contributed by atoms with Crippen LogP contribution in [0, 0.1) is 5.92 Å². The number of nitrogens with one attached hydrogen (secondary N) is 1. The molecule has 2 rings (SSSR count). The Bertz CT molecular complexity index is 275. The molecule has 0 amide bonds. The lowest BCUT2D eigenvalue weighted by Gasteiger charge is -2.24. The van der Waals surface area contributed by atoms with E-state index in [-0.39, 0.29) is 0 Å². The summed E-state index contributed by atoms with van der Waals surface area (Å²) in [7, 11) is 0. The molecule has 0 aromatic carbocycles. The second-order valence-corrected chi connectivity index (χ2v) is 5.72. The lowest BCUT2D eigenvalue weighted by Crippen LogP contribution is -2.33. The summed E-state index contributed by atoms with van der Waals surface area (Å²) in [6.45, 7) is 4.62. The summed E-state index contributed by atoms with van der Waals surface area (Å²) in [6, 6.07) is 5.55. The Balaban J connectivity index is 1.85. The van der Waals surface area contributed by atoms with E-state index in [0.29, 0.717) is 12.1 Å². The number of hydrogen-bond acceptors (Lipinski definition) is 2. The predicted molar refractivity (Wildman–Crippen MR) is 67.3 cm³/mol. The first-order valence-corrected chi connectivity index (χ1v) is 6.95. The molecule has 2 heteroatoms. The first-order chi connectivity index (χ1) is 7.27. The van der Waals surface area contributed by atoms with Crippen LogP contribution in [-0.2, 0) is 0 Å². The number of rotatable bonds is 4. The molecule has 1 heterocycles. The molecule has 15 heavy (non-hydrogen) atoms. The van der Waals surface area contributed by atoms with E-state index >= 15 is 0 Å². The lowest BCUT2D eigenvalue weighted by atomic mass is 9.99. The third kappa shape index (κ3) is 2.82. The summed E-state index contributed by atoms with van der Waals surface area (Å²) >= 11 is 1.85. The van der Waals surface area contributed by atoms with Gasteiger partial charge in [-0.25, -0.2) is 0 Å². The second-order valence-electron chi connectivity index (χ2n) is 4.74. The Kier molecular flexibility index (Phi) is 3.81. The molecule has 0 saturated heterocycles. The third-order valence-corrected chi connectivity index (χ3v) is 4.64. The van der Waals surface area contributed by atoms with E-state index in [4.69, 9.17) is 0 Å². The normalized spacial score (nSPS) is 21.7. The first-order valence-electron chi connectivity index (χ1n) is 6.07. The SMILES string of the molecule is CC(N[C@H](C)c1cccs1)C1CCCC1. The molecule has 1 fully saturated rings. The molecule has 0 spiro atoms. The van der Waals surface area contributed by atoms with Crippen molar-refractivity contribution in [3.8, 4) is 0 Å². The summed E-state index contributed by atoms with van der Waals surface area (Å²) in [6.07, 6.45) is 5.71. The van der Waals surface area contributed by atoms with Gasteiger partial charge >= 0.3 is 0 Å². The fourth-order valence-electron chi connectivity index (χ4n) is 2.61. The van der Waals surface area contributed by atoms with E-state index < -0.39 is 0 Å². The van der Waals surface area contributed by atoms with Gasteiger partial charge in [-0.2, -0.15) is 0 Å². The summed E-state index contributed by atoms with van der Waals surface area (Å²) in [5.74, 6) is 0.910. The van der Waals surface area contributed by atoms with E-state index in [1.54, 1.807) is 0 Å². The zero-order valence-electron chi connectivity index (χ0n) is 9.70. The van der Waals surface area contributed by atoms with Crippen LogP contribution in [0.25, 0.3) is 0 Å². The van der Waals surface area contributed by atoms with Crippen LogP contribution in [0.5, 0.6) is 0 Å². The predicted octanol–water partition coefficient (Wildman–Crippen LogP) is 3.98. The van der Waals surface area contributed by atoms with Crippen LogP contribution in [-0.4, -0.2) is 6.04 Å². The van der Waals surface area contributed by atoms with Gasteiger partial charge in [0, 0.05) is 17.0 Å². The summed E-state index contributed by atoms with van der Waals surface area (Å²) in [4.78, 5) is 1.46. The molecule has 0 bridgehead atoms. The molecule has 1 aliphatic carbocycles. The highest BCUT2D eigenvalue weighted by atomic mass is 32.1. The highest BCUT2D eigenvalue weighted by Crippen LogP contribution is 2.29. The molecule has 1 aromatic heterocycles. The van der Waals surface area contributed by atoms with Crippen LogP contribution in [0.1, 0.15) is 50.4 Å². The maximum absolute atomic E-state index is 3.73. The van der Waals surface area contributed by atoms with Crippen LogP contribution in [0.4, 0.5) is 0 Å². The third-order valence-electron chi connectivity index (χ3n) is 3.59. The van der Waals surface area contributed by atoms with E-state index in [0.717, 1.165) is 5.92 Å². The minimum Gasteiger partial charge on any atom is -0.307 e. The van der Waals surface area contributed by atoms with Gasteiger partial charge in [0.1, 0.15) is 0 Å². The van der Waals surface area contributed by atoms with Crippen LogP contribution >= 0.6 is 11.3 Å². The molecule has 84 valence electrons. The molecule has 2 atom stereocenters. The smallest absolute Gasteiger partial charge is 0.0388 e. The van der Waals surface area contributed by atoms with Gasteiger partial charge in [0.15, 0.2) is 0 Å². The van der Waals surface area contributed by atoms with E-state index in [1.807, 2.05) is 11.3 Å². The fraction of sp³-hybridized carbons (Fsp3) is 0.692. The number of hydrogen-bond donors (Lipinski definition) is 1. The molecule has 0 aliphatic heterocycles. The molecular weight excluding hydrogens is 202 g/mol. The Labute approximate surface area is 96.9 Å². The van der Waals surface area contributed by atoms with Crippen molar-refractivity contribution >= 4 is 11.3 Å². The maximum atomic E-state index is 3.73. The quantitative estimate of drug-likeness (QED) is 0.814. The fourth-order valence-corrected chi connectivity index (χ4v) is 3.35. The maximum Gasteiger partial charge on any atom is 0.0388 e. The van der Waals surface area contributed by atoms with Crippen LogP contribution in [0.15, 0.2) is 17.5 Å². The molecule has 1 N–H and O–H groups in total. The second kappa shape index (κ2) is 5.13. The Morgan fingerprint density at radius 1 is 1.33 bits per heavy atom. The van der Waals surface area contributed by atoms with Crippen LogP contribution < -0.4 is 5.32 Å². The van der Waals surface area contributed by atoms with Gasteiger partial charge in [-0.3, -0.25) is 0 Å². The molecule has 1 nitrogen and oxygen atoms in total. The molecular formula is C13H21NS. The molecule has 1 aromatic rings. The van der Waals surface area contributed by atoms with Gasteiger partial charge in [0.05, 0.1) is 0 Å². The molecule has 0 radical (unpaired) electrons. The van der Waals surface area contributed by atoms with Gasteiger partial charge in [0.2, 0.25) is 0 Å². The average Bonchev–Trinajstić information content (AvgIpc) is 2.91. The lowest BCUT2D eigenvalue weighted by molar-refractivity contribution is 0.354. The van der Waals surface area contributed by atoms with Gasteiger partial charge in [0.25, 0.3) is 0 Å². The van der Waals surface area contributed by atoms with E-state index in [9.17, 15) is 0 Å². The molecule has 1 aliphatic rings. The minimum atomic E-state index is 0.514. The summed E-state index contributed by atoms with van der Waals surface area (Å²) < 4.78 is 0. The average molecular weight is 223 g/mol. The van der Waals surface area contributed by atoms with Crippen molar-refractivity contribution in [2.24, 2.45) is 5.92 Å². The van der Waals surface area contributed by atoms with E-state index in [2.05, 4.69) is 36.7 Å². The Morgan fingerprint density at radius 3 is 2.67 bits per heavy atom. The van der Waals surface area contributed by atoms with Crippen LogP contribution in [0.3, 0.4) is 0 Å². The zero-order chi connectivity index (χ0) is 10.7. The van der Waals surface area contributed by atoms with Crippen molar-refractivity contribution in [2.45, 2.75) is 51.6 Å². The largest absolute Gasteiger partial charge is 0.307 e. The minimum absolute atomic E-state index is 0.514. The van der Waals surface area contributed by atoms with Crippen molar-refractivity contribution in [1.82, 2.24) is 5.32 Å². The summed E-state index contributed by atoms with van der Waals surface area (Å²) in [5, 5.41) is 5.90. The highest BCUT2D eigenvalue weighted by molar-refractivity contribution is 7.10. The van der Waals surface area contributed by atoms with Gasteiger partial charge < -0.3 is 5.32 Å². The highest BCUT2D eigenvalue weighted by Gasteiger charge is 2.22. The van der Waals surface area contributed by atoms with Crippen molar-refractivity contribution in [3.63, 3.8) is 0 Å². The summed E-state index contributed by atoms with van der Waals surface area (Å²) in [5.41, 5.74) is 0. The van der Waals surface area contributed by atoms with Crippen molar-refractivity contribution in [3.05, 3.63) is 22.4 Å². The molecule has 1 unspecified atom stereocenters. The van der Waals surface area contributed by atoms with E-state index in [1.165, 1.54) is 30.6 Å². The van der Waals surface area contributed by atoms with Gasteiger partial charge in [-0.05, 0) is 44.1 Å². The van der Waals surface area contributed by atoms with Crippen molar-refractivity contribution in [2.75, 3.05) is 0 Å². The molecule has 1 saturated carbocycles. The Morgan fingerprint density at radius 2 is 2.07 bits per heavy atom. The van der Waals surface area contributed by atoms with Crippen LogP contribution in [0.2, 0.25) is 0 Å². The first kappa shape index (κ1) is 11.2. The van der Waals surface area contributed by atoms with Gasteiger partial charge in [-0.1, -0.05) is 18.9 Å². The number of thiophene rings is 1. The van der Waals surface area contributed by atoms with Crippen molar-refractivity contribution in [1.29, 1.82) is 0 Å². The standard InChI is InChI=1S/C13H21NS/c1-10(12-6-3-4-7-12)14-11(2)13-8-5-9-15-13/h5,8-12,14H,3-4,6-7H2,1-2H3/t10?,11-/m1/s1.